The number of piperazine rings is 1. The molecule has 1 heterocycles. The number of carboxylic acid groups (broad SMARTS) is 1. The van der Waals surface area contributed by atoms with Crippen molar-refractivity contribution in [2.24, 2.45) is 0 Å². The van der Waals surface area contributed by atoms with Crippen molar-refractivity contribution in [3.63, 3.8) is 0 Å². The molecule has 0 aromatic heterocycles. The monoisotopic (exact) mass is 264 g/mol. The van der Waals surface area contributed by atoms with Crippen LogP contribution in [-0.4, -0.2) is 65.3 Å². The number of rotatable bonds is 5. The third-order valence-corrected chi connectivity index (χ3v) is 3.54. The second kappa shape index (κ2) is 6.65. The van der Waals surface area contributed by atoms with Crippen molar-refractivity contribution in [3.8, 4) is 0 Å². The standard InChI is InChI=1S/C14H20N2O3/c17-11-10-15-6-8-16(9-7-15)13(14(18)19)12-4-2-1-3-5-12/h1-5,13,17H,6-11H2,(H,18,19). The zero-order valence-electron chi connectivity index (χ0n) is 10.9. The predicted molar refractivity (Wildman–Crippen MR) is 71.9 cm³/mol. The summed E-state index contributed by atoms with van der Waals surface area (Å²) in [4.78, 5) is 15.7. The molecule has 104 valence electrons. The van der Waals surface area contributed by atoms with Crippen LogP contribution in [0.5, 0.6) is 0 Å². The average Bonchev–Trinajstić information content (AvgIpc) is 2.42. The van der Waals surface area contributed by atoms with Crippen LogP contribution in [0.1, 0.15) is 11.6 Å². The number of β-amino-alcohol motifs (C(OH)–C–C–N with tert-alkyl or cyclic N) is 1. The summed E-state index contributed by atoms with van der Waals surface area (Å²) < 4.78 is 0. The van der Waals surface area contributed by atoms with Crippen LogP contribution in [0.3, 0.4) is 0 Å². The van der Waals surface area contributed by atoms with Gasteiger partial charge in [0.25, 0.3) is 0 Å². The van der Waals surface area contributed by atoms with Gasteiger partial charge in [-0.25, -0.2) is 0 Å². The molecular weight excluding hydrogens is 244 g/mol. The highest BCUT2D eigenvalue weighted by molar-refractivity contribution is 5.75. The molecule has 0 radical (unpaired) electrons. The summed E-state index contributed by atoms with van der Waals surface area (Å²) in [6, 6.07) is 8.78. The van der Waals surface area contributed by atoms with Gasteiger partial charge >= 0.3 is 5.97 Å². The van der Waals surface area contributed by atoms with Gasteiger partial charge in [0.15, 0.2) is 0 Å². The lowest BCUT2D eigenvalue weighted by atomic mass is 10.0. The Balaban J connectivity index is 2.04. The normalized spacial score (nSPS) is 19.2. The van der Waals surface area contributed by atoms with Gasteiger partial charge in [0.1, 0.15) is 6.04 Å². The van der Waals surface area contributed by atoms with Crippen LogP contribution in [0.4, 0.5) is 0 Å². The molecule has 1 aromatic carbocycles. The van der Waals surface area contributed by atoms with E-state index >= 15 is 0 Å². The van der Waals surface area contributed by atoms with Gasteiger partial charge < -0.3 is 10.2 Å². The molecular formula is C14H20N2O3. The van der Waals surface area contributed by atoms with E-state index in [1.54, 1.807) is 0 Å². The topological polar surface area (TPSA) is 64.0 Å². The number of aliphatic hydroxyl groups is 1. The molecule has 0 aliphatic carbocycles. The smallest absolute Gasteiger partial charge is 0.325 e. The molecule has 19 heavy (non-hydrogen) atoms. The molecule has 0 saturated carbocycles. The number of hydrogen-bond donors (Lipinski definition) is 2. The van der Waals surface area contributed by atoms with E-state index in [0.717, 1.165) is 18.7 Å². The molecule has 0 bridgehead atoms. The molecule has 5 heteroatoms. The van der Waals surface area contributed by atoms with Crippen LogP contribution in [-0.2, 0) is 4.79 Å². The number of nitrogens with zero attached hydrogens (tertiary/aromatic N) is 2. The highest BCUT2D eigenvalue weighted by atomic mass is 16.4. The Labute approximate surface area is 113 Å². The molecule has 2 rings (SSSR count). The molecule has 1 atom stereocenters. The predicted octanol–water partition coefficient (Wildman–Crippen LogP) is 0.422. The van der Waals surface area contributed by atoms with E-state index in [4.69, 9.17) is 5.11 Å². The molecule has 0 spiro atoms. The maximum Gasteiger partial charge on any atom is 0.325 e. The SMILES string of the molecule is O=C(O)C(c1ccccc1)N1CCN(CCO)CC1. The fourth-order valence-corrected chi connectivity index (χ4v) is 2.53. The molecule has 1 fully saturated rings. The molecule has 1 unspecified atom stereocenters. The summed E-state index contributed by atoms with van der Waals surface area (Å²) in [5.41, 5.74) is 0.825. The number of carboxylic acids is 1. The molecule has 0 amide bonds. The van der Waals surface area contributed by atoms with Crippen molar-refractivity contribution in [2.75, 3.05) is 39.3 Å². The lowest BCUT2D eigenvalue weighted by molar-refractivity contribution is -0.144. The Hall–Kier alpha value is -1.43. The number of aliphatic hydroxyl groups excluding tert-OH is 1. The van der Waals surface area contributed by atoms with Crippen molar-refractivity contribution < 1.29 is 15.0 Å². The summed E-state index contributed by atoms with van der Waals surface area (Å²) in [7, 11) is 0. The van der Waals surface area contributed by atoms with Crippen molar-refractivity contribution in [1.82, 2.24) is 9.80 Å². The first-order valence-corrected chi connectivity index (χ1v) is 6.57. The zero-order valence-corrected chi connectivity index (χ0v) is 10.9. The van der Waals surface area contributed by atoms with Crippen molar-refractivity contribution in [2.45, 2.75) is 6.04 Å². The van der Waals surface area contributed by atoms with Gasteiger partial charge in [-0.3, -0.25) is 14.6 Å². The van der Waals surface area contributed by atoms with Gasteiger partial charge in [0.05, 0.1) is 6.61 Å². The number of hydrogen-bond acceptors (Lipinski definition) is 4. The van der Waals surface area contributed by atoms with Crippen molar-refractivity contribution in [1.29, 1.82) is 0 Å². The Kier molecular flexibility index (Phi) is 4.90. The molecule has 5 nitrogen and oxygen atoms in total. The minimum atomic E-state index is -0.804. The maximum absolute atomic E-state index is 11.5. The van der Waals surface area contributed by atoms with Crippen LogP contribution in [0.15, 0.2) is 30.3 Å². The van der Waals surface area contributed by atoms with Crippen LogP contribution in [0.2, 0.25) is 0 Å². The van der Waals surface area contributed by atoms with E-state index < -0.39 is 12.0 Å². The van der Waals surface area contributed by atoms with E-state index in [-0.39, 0.29) is 6.61 Å². The van der Waals surface area contributed by atoms with E-state index in [9.17, 15) is 9.90 Å². The summed E-state index contributed by atoms with van der Waals surface area (Å²) >= 11 is 0. The Morgan fingerprint density at radius 2 is 1.79 bits per heavy atom. The first kappa shape index (κ1) is 14.0. The molecule has 1 saturated heterocycles. The summed E-state index contributed by atoms with van der Waals surface area (Å²) in [6.45, 7) is 3.85. The van der Waals surface area contributed by atoms with Gasteiger partial charge in [-0.15, -0.1) is 0 Å². The van der Waals surface area contributed by atoms with Gasteiger partial charge in [0, 0.05) is 32.7 Å². The van der Waals surface area contributed by atoms with Gasteiger partial charge in [-0.1, -0.05) is 30.3 Å². The van der Waals surface area contributed by atoms with E-state index in [1.807, 2.05) is 35.2 Å². The minimum absolute atomic E-state index is 0.154. The van der Waals surface area contributed by atoms with Crippen molar-refractivity contribution >= 4 is 5.97 Å². The van der Waals surface area contributed by atoms with Crippen molar-refractivity contribution in [3.05, 3.63) is 35.9 Å². The van der Waals surface area contributed by atoms with Gasteiger partial charge in [-0.05, 0) is 5.56 Å². The summed E-state index contributed by atoms with van der Waals surface area (Å²) in [6.07, 6.45) is 0. The average molecular weight is 264 g/mol. The zero-order chi connectivity index (χ0) is 13.7. The molecule has 1 aromatic rings. The lowest BCUT2D eigenvalue weighted by Gasteiger charge is -2.37. The van der Waals surface area contributed by atoms with E-state index in [0.29, 0.717) is 19.6 Å². The van der Waals surface area contributed by atoms with E-state index in [1.165, 1.54) is 0 Å². The number of benzene rings is 1. The Morgan fingerprint density at radius 1 is 1.16 bits per heavy atom. The highest BCUT2D eigenvalue weighted by Gasteiger charge is 2.29. The minimum Gasteiger partial charge on any atom is -0.480 e. The van der Waals surface area contributed by atoms with Crippen LogP contribution in [0, 0.1) is 0 Å². The fraction of sp³-hybridized carbons (Fsp3) is 0.500. The molecule has 1 aliphatic rings. The Morgan fingerprint density at radius 3 is 2.32 bits per heavy atom. The first-order valence-electron chi connectivity index (χ1n) is 6.57. The first-order chi connectivity index (χ1) is 9.22. The molecule has 1 aliphatic heterocycles. The van der Waals surface area contributed by atoms with Crippen LogP contribution >= 0.6 is 0 Å². The second-order valence-corrected chi connectivity index (χ2v) is 4.75. The maximum atomic E-state index is 11.5. The summed E-state index contributed by atoms with van der Waals surface area (Å²) in [5.74, 6) is -0.804. The third kappa shape index (κ3) is 3.53. The number of carbonyl (C=O) groups is 1. The largest absolute Gasteiger partial charge is 0.480 e. The third-order valence-electron chi connectivity index (χ3n) is 3.54. The lowest BCUT2D eigenvalue weighted by Crippen LogP contribution is -2.49. The van der Waals surface area contributed by atoms with Gasteiger partial charge in [0.2, 0.25) is 0 Å². The second-order valence-electron chi connectivity index (χ2n) is 4.75. The highest BCUT2D eigenvalue weighted by Crippen LogP contribution is 2.22. The van der Waals surface area contributed by atoms with E-state index in [2.05, 4.69) is 4.90 Å². The summed E-state index contributed by atoms with van der Waals surface area (Å²) in [5, 5.41) is 18.4. The van der Waals surface area contributed by atoms with Gasteiger partial charge in [-0.2, -0.15) is 0 Å². The van der Waals surface area contributed by atoms with Crippen LogP contribution in [0.25, 0.3) is 0 Å². The quantitative estimate of drug-likeness (QED) is 0.807. The fourth-order valence-electron chi connectivity index (χ4n) is 2.53. The van der Waals surface area contributed by atoms with Crippen LogP contribution < -0.4 is 0 Å². The Bertz CT molecular complexity index is 402. The number of aliphatic carboxylic acids is 1. The molecule has 2 N–H and O–H groups in total.